The van der Waals surface area contributed by atoms with E-state index in [0.29, 0.717) is 12.5 Å². The largest absolute Gasteiger partial charge is 0.383 e. The van der Waals surface area contributed by atoms with Crippen molar-refractivity contribution in [3.8, 4) is 0 Å². The van der Waals surface area contributed by atoms with Gasteiger partial charge in [-0.2, -0.15) is 0 Å². The molecule has 0 aliphatic heterocycles. The summed E-state index contributed by atoms with van der Waals surface area (Å²) in [7, 11) is 0. The number of thiophene rings is 1. The summed E-state index contributed by atoms with van der Waals surface area (Å²) in [6.45, 7) is 10.9. The highest BCUT2D eigenvalue weighted by Gasteiger charge is 2.25. The predicted molar refractivity (Wildman–Crippen MR) is 91.2 cm³/mol. The summed E-state index contributed by atoms with van der Waals surface area (Å²) in [4.78, 5) is 6.90. The molecule has 21 heavy (non-hydrogen) atoms. The van der Waals surface area contributed by atoms with Gasteiger partial charge in [0.15, 0.2) is 0 Å². The van der Waals surface area contributed by atoms with Gasteiger partial charge in [0.05, 0.1) is 10.7 Å². The van der Waals surface area contributed by atoms with Gasteiger partial charge in [-0.1, -0.05) is 19.9 Å². The molecule has 0 aliphatic rings. The normalized spacial score (nSPS) is 16.1. The molecule has 3 nitrogen and oxygen atoms in total. The summed E-state index contributed by atoms with van der Waals surface area (Å²) in [6, 6.07) is 4.15. The maximum absolute atomic E-state index is 10.6. The van der Waals surface area contributed by atoms with E-state index in [1.54, 1.807) is 22.7 Å². The fourth-order valence-electron chi connectivity index (χ4n) is 2.20. The number of nitrogens with one attached hydrogen (secondary N) is 1. The van der Waals surface area contributed by atoms with E-state index in [4.69, 9.17) is 0 Å². The monoisotopic (exact) mass is 324 g/mol. The lowest BCUT2D eigenvalue weighted by atomic mass is 10.0. The van der Waals surface area contributed by atoms with E-state index in [1.807, 2.05) is 24.4 Å². The molecule has 0 amide bonds. The smallest absolute Gasteiger partial charge is 0.108 e. The number of hydrogen-bond donors (Lipinski definition) is 2. The average Bonchev–Trinajstić information content (AvgIpc) is 3.05. The molecule has 0 radical (unpaired) electrons. The zero-order valence-corrected chi connectivity index (χ0v) is 14.9. The highest BCUT2D eigenvalue weighted by Crippen LogP contribution is 2.30. The second-order valence-electron chi connectivity index (χ2n) is 6.01. The summed E-state index contributed by atoms with van der Waals surface area (Å²) in [5.74, 6) is 0.462. The Morgan fingerprint density at radius 3 is 2.62 bits per heavy atom. The summed E-state index contributed by atoms with van der Waals surface area (Å²) >= 11 is 3.36. The minimum atomic E-state index is -0.831. The Morgan fingerprint density at radius 2 is 2.10 bits per heavy atom. The lowest BCUT2D eigenvalue weighted by Crippen LogP contribution is -2.36. The zero-order valence-electron chi connectivity index (χ0n) is 13.3. The van der Waals surface area contributed by atoms with E-state index >= 15 is 0 Å². The number of aliphatic hydroxyl groups is 1. The first-order valence-electron chi connectivity index (χ1n) is 7.28. The van der Waals surface area contributed by atoms with Gasteiger partial charge >= 0.3 is 0 Å². The fraction of sp³-hybridized carbons (Fsp3) is 0.562. The van der Waals surface area contributed by atoms with E-state index in [9.17, 15) is 5.11 Å². The van der Waals surface area contributed by atoms with Crippen LogP contribution in [0.4, 0.5) is 0 Å². The van der Waals surface area contributed by atoms with Crippen LogP contribution in [0.1, 0.15) is 60.1 Å². The molecule has 2 rings (SSSR count). The molecule has 0 fully saturated rings. The van der Waals surface area contributed by atoms with Gasteiger partial charge < -0.3 is 10.4 Å². The van der Waals surface area contributed by atoms with Crippen LogP contribution in [0.5, 0.6) is 0 Å². The molecule has 2 heterocycles. The molecule has 2 aromatic heterocycles. The van der Waals surface area contributed by atoms with Crippen molar-refractivity contribution in [2.45, 2.75) is 52.2 Å². The Balaban J connectivity index is 2.03. The first kappa shape index (κ1) is 16.6. The summed E-state index contributed by atoms with van der Waals surface area (Å²) in [6.07, 6.45) is 0. The van der Waals surface area contributed by atoms with Crippen molar-refractivity contribution in [3.63, 3.8) is 0 Å². The molecule has 2 unspecified atom stereocenters. The van der Waals surface area contributed by atoms with Crippen LogP contribution in [0, 0.1) is 6.92 Å². The van der Waals surface area contributed by atoms with Gasteiger partial charge in [-0.15, -0.1) is 22.7 Å². The highest BCUT2D eigenvalue weighted by atomic mass is 32.1. The van der Waals surface area contributed by atoms with Gasteiger partial charge in [-0.25, -0.2) is 4.98 Å². The summed E-state index contributed by atoms with van der Waals surface area (Å²) < 4.78 is 0. The van der Waals surface area contributed by atoms with Crippen molar-refractivity contribution in [2.75, 3.05) is 6.54 Å². The number of aromatic nitrogens is 1. The minimum absolute atomic E-state index is 0.196. The molecule has 2 aromatic rings. The standard InChI is InChI=1S/C16H24N2OS2/c1-10(2)15-18-12(4)14(21-15)11(3)17-9-16(5,19)13-7-6-8-20-13/h6-8,10-11,17,19H,9H2,1-5H3. The average molecular weight is 325 g/mol. The first-order chi connectivity index (χ1) is 9.81. The maximum Gasteiger partial charge on any atom is 0.108 e. The van der Waals surface area contributed by atoms with E-state index in [1.165, 1.54) is 9.88 Å². The number of rotatable bonds is 6. The minimum Gasteiger partial charge on any atom is -0.383 e. The van der Waals surface area contributed by atoms with Crippen molar-refractivity contribution in [1.82, 2.24) is 10.3 Å². The van der Waals surface area contributed by atoms with E-state index in [0.717, 1.165) is 10.6 Å². The van der Waals surface area contributed by atoms with Crippen molar-refractivity contribution in [1.29, 1.82) is 0 Å². The molecule has 116 valence electrons. The van der Waals surface area contributed by atoms with Crippen LogP contribution >= 0.6 is 22.7 Å². The van der Waals surface area contributed by atoms with Crippen molar-refractivity contribution >= 4 is 22.7 Å². The third kappa shape index (κ3) is 3.92. The molecular formula is C16H24N2OS2. The molecule has 0 saturated heterocycles. The molecule has 0 saturated carbocycles. The lowest BCUT2D eigenvalue weighted by Gasteiger charge is -2.24. The van der Waals surface area contributed by atoms with Crippen LogP contribution in [0.2, 0.25) is 0 Å². The van der Waals surface area contributed by atoms with Gasteiger partial charge in [0.2, 0.25) is 0 Å². The van der Waals surface area contributed by atoms with E-state index in [-0.39, 0.29) is 6.04 Å². The van der Waals surface area contributed by atoms with Crippen molar-refractivity contribution in [3.05, 3.63) is 38.0 Å². The molecule has 0 bridgehead atoms. The summed E-state index contributed by atoms with van der Waals surface area (Å²) in [5.41, 5.74) is 0.265. The number of thiazole rings is 1. The molecule has 2 atom stereocenters. The summed E-state index contributed by atoms with van der Waals surface area (Å²) in [5, 5.41) is 17.2. The highest BCUT2D eigenvalue weighted by molar-refractivity contribution is 7.12. The number of nitrogens with zero attached hydrogens (tertiary/aromatic N) is 1. The second kappa shape index (κ2) is 6.57. The molecule has 0 aromatic carbocycles. The molecule has 0 spiro atoms. The molecule has 5 heteroatoms. The predicted octanol–water partition coefficient (Wildman–Crippen LogP) is 4.19. The first-order valence-corrected chi connectivity index (χ1v) is 8.98. The van der Waals surface area contributed by atoms with Gasteiger partial charge in [0.1, 0.15) is 5.60 Å². The molecular weight excluding hydrogens is 300 g/mol. The number of aryl methyl sites for hydroxylation is 1. The van der Waals surface area contributed by atoms with Gasteiger partial charge in [0.25, 0.3) is 0 Å². The van der Waals surface area contributed by atoms with E-state index in [2.05, 4.69) is 38.0 Å². The Hall–Kier alpha value is -0.750. The quantitative estimate of drug-likeness (QED) is 0.837. The third-order valence-corrected chi connectivity index (χ3v) is 6.30. The van der Waals surface area contributed by atoms with Crippen LogP contribution in [0.15, 0.2) is 17.5 Å². The van der Waals surface area contributed by atoms with Crippen molar-refractivity contribution < 1.29 is 5.11 Å². The van der Waals surface area contributed by atoms with Crippen LogP contribution in [0.3, 0.4) is 0 Å². The topological polar surface area (TPSA) is 45.2 Å². The Labute approximate surface area is 135 Å². The SMILES string of the molecule is Cc1nc(C(C)C)sc1C(C)NCC(C)(O)c1cccs1. The Kier molecular flexibility index (Phi) is 5.20. The lowest BCUT2D eigenvalue weighted by molar-refractivity contribution is 0.0582. The van der Waals surface area contributed by atoms with Crippen LogP contribution < -0.4 is 5.32 Å². The van der Waals surface area contributed by atoms with Gasteiger partial charge in [0, 0.05) is 28.3 Å². The van der Waals surface area contributed by atoms with Crippen LogP contribution in [-0.4, -0.2) is 16.6 Å². The Bertz CT molecular complexity index is 573. The maximum atomic E-state index is 10.6. The fourth-order valence-corrected chi connectivity index (χ4v) is 4.08. The zero-order chi connectivity index (χ0) is 15.6. The third-order valence-electron chi connectivity index (χ3n) is 3.54. The van der Waals surface area contributed by atoms with Crippen LogP contribution in [-0.2, 0) is 5.60 Å². The number of hydrogen-bond acceptors (Lipinski definition) is 5. The Morgan fingerprint density at radius 1 is 1.38 bits per heavy atom. The van der Waals surface area contributed by atoms with Crippen LogP contribution in [0.25, 0.3) is 0 Å². The molecule has 0 aliphatic carbocycles. The van der Waals surface area contributed by atoms with Crippen molar-refractivity contribution in [2.24, 2.45) is 0 Å². The second-order valence-corrected chi connectivity index (χ2v) is 8.02. The van der Waals surface area contributed by atoms with E-state index < -0.39 is 5.60 Å². The van der Waals surface area contributed by atoms with Gasteiger partial charge in [-0.3, -0.25) is 0 Å². The van der Waals surface area contributed by atoms with Gasteiger partial charge in [-0.05, 0) is 32.2 Å². The molecule has 2 N–H and O–H groups in total.